The first kappa shape index (κ1) is 30.5. The van der Waals surface area contributed by atoms with Crippen LogP contribution in [0.3, 0.4) is 0 Å². The molecule has 1 amide bonds. The first-order valence-electron chi connectivity index (χ1n) is 8.44. The number of carbonyl (C=O) groups is 1. The van der Waals surface area contributed by atoms with Gasteiger partial charge in [-0.3, -0.25) is 9.68 Å². The predicted octanol–water partition coefficient (Wildman–Crippen LogP) is -4.76. The van der Waals surface area contributed by atoms with Gasteiger partial charge in [0.25, 0.3) is 0 Å². The number of thiazole rings is 1. The third kappa shape index (κ3) is 7.50. The Morgan fingerprint density at radius 3 is 2.22 bits per heavy atom. The van der Waals surface area contributed by atoms with Crippen molar-refractivity contribution in [3.05, 3.63) is 18.2 Å². The van der Waals surface area contributed by atoms with Crippen LogP contribution in [0.2, 0.25) is 0 Å². The number of anilines is 1. The Morgan fingerprint density at radius 2 is 1.72 bits per heavy atom. The quantitative estimate of drug-likeness (QED) is 0.0785. The molecular weight excluding hydrogens is 526 g/mol. The predicted molar refractivity (Wildman–Crippen MR) is 108 cm³/mol. The summed E-state index contributed by atoms with van der Waals surface area (Å²) in [5.41, 5.74) is 0.882. The maximum absolute atomic E-state index is 11.8. The van der Waals surface area contributed by atoms with Crippen molar-refractivity contribution in [3.63, 3.8) is 0 Å². The van der Waals surface area contributed by atoms with Crippen LogP contribution in [-0.4, -0.2) is 60.1 Å². The molecule has 17 heteroatoms. The Kier molecular flexibility index (Phi) is 11.9. The maximum atomic E-state index is 11.8. The van der Waals surface area contributed by atoms with Crippen molar-refractivity contribution in [2.45, 2.75) is 35.8 Å². The first-order chi connectivity index (χ1) is 14.0. The van der Waals surface area contributed by atoms with Crippen LogP contribution in [0, 0.1) is 0 Å². The van der Waals surface area contributed by atoms with Gasteiger partial charge >= 0.3 is 64.3 Å². The van der Waals surface area contributed by atoms with E-state index in [-0.39, 0.29) is 77.1 Å². The maximum Gasteiger partial charge on any atom is 1.00 e. The van der Waals surface area contributed by atoms with Gasteiger partial charge < -0.3 is 14.0 Å². The summed E-state index contributed by atoms with van der Waals surface area (Å²) in [6.45, 7) is 0. The summed E-state index contributed by atoms with van der Waals surface area (Å²) in [5, 5.41) is -2.94. The van der Waals surface area contributed by atoms with E-state index >= 15 is 0 Å². The van der Waals surface area contributed by atoms with Crippen LogP contribution in [0.15, 0.2) is 18.2 Å². The van der Waals surface area contributed by atoms with Crippen LogP contribution in [0.1, 0.15) is 19.3 Å². The van der Waals surface area contributed by atoms with Crippen molar-refractivity contribution in [3.8, 4) is 5.19 Å². The van der Waals surface area contributed by atoms with Crippen LogP contribution in [0.25, 0.3) is 10.2 Å². The number of carbonyl (C=O) groups excluding carboxylic acids is 1. The zero-order chi connectivity index (χ0) is 22.1. The standard InChI is InChI=1S/C15H18N2O9S4.2Na/c1-27-26-25-15-16-13-3-2-9(6-14(13)28-15)17(8-18)10-4-11(29(19,20)21)7-12(5-10)30(22,23)24;;/h2-3,6,8,10-12H,4-5,7H2,1H3,(H,19,20,21)(H,22,23,24);;/q;2*+1/p-2. The van der Waals surface area contributed by atoms with Gasteiger partial charge in [-0.25, -0.2) is 16.8 Å². The second-order valence-electron chi connectivity index (χ2n) is 6.55. The molecule has 2 aromatic rings. The zero-order valence-corrected chi connectivity index (χ0v) is 24.6. The molecular formula is C15H16N2Na2O9S4. The molecule has 0 radical (unpaired) electrons. The van der Waals surface area contributed by atoms with E-state index in [1.165, 1.54) is 6.07 Å². The second kappa shape index (κ2) is 12.5. The minimum atomic E-state index is -4.85. The summed E-state index contributed by atoms with van der Waals surface area (Å²) >= 11 is 2.11. The van der Waals surface area contributed by atoms with Crippen molar-refractivity contribution >= 4 is 65.9 Å². The SMILES string of the molecule is CSOOc1nc2ccc(N(C=O)C3CC(S(=O)(=O)[O-])CC(S(=O)(=O)[O-])C3)cc2s1.[Na+].[Na+]. The summed E-state index contributed by atoms with van der Waals surface area (Å²) < 4.78 is 74.5. The average Bonchev–Trinajstić information content (AvgIpc) is 3.07. The molecule has 0 N–H and O–H groups in total. The smallest absolute Gasteiger partial charge is 0.748 e. The molecule has 0 bridgehead atoms. The molecule has 1 aromatic carbocycles. The molecule has 0 spiro atoms. The van der Waals surface area contributed by atoms with Gasteiger partial charge in [-0.2, -0.15) is 4.98 Å². The molecule has 1 fully saturated rings. The molecule has 0 saturated heterocycles. The fourth-order valence-electron chi connectivity index (χ4n) is 3.40. The van der Waals surface area contributed by atoms with Gasteiger partial charge in [0.1, 0.15) is 0 Å². The van der Waals surface area contributed by atoms with Gasteiger partial charge in [-0.05, 0) is 37.5 Å². The summed E-state index contributed by atoms with van der Waals surface area (Å²) in [7, 11) is -9.70. The number of amides is 1. The van der Waals surface area contributed by atoms with Crippen LogP contribution in [0.5, 0.6) is 5.19 Å². The van der Waals surface area contributed by atoms with Crippen LogP contribution in [-0.2, 0) is 29.4 Å². The van der Waals surface area contributed by atoms with Gasteiger partial charge in [0.05, 0.1) is 41.0 Å². The Balaban J connectivity index is 0.00000256. The molecule has 1 aliphatic rings. The molecule has 0 aliphatic heterocycles. The number of hydrogen-bond acceptors (Lipinski definition) is 12. The minimum absolute atomic E-state index is 0. The molecule has 2 atom stereocenters. The van der Waals surface area contributed by atoms with E-state index in [4.69, 9.17) is 9.22 Å². The number of nitrogens with zero attached hydrogens (tertiary/aromatic N) is 2. The van der Waals surface area contributed by atoms with Crippen molar-refractivity contribution in [1.29, 1.82) is 0 Å². The molecule has 2 unspecified atom stereocenters. The third-order valence-corrected chi connectivity index (χ3v) is 8.23. The summed E-state index contributed by atoms with van der Waals surface area (Å²) in [6.07, 6.45) is 0.947. The second-order valence-corrected chi connectivity index (χ2v) is 11.3. The van der Waals surface area contributed by atoms with E-state index in [1.54, 1.807) is 18.4 Å². The van der Waals surface area contributed by atoms with E-state index < -0.39 is 43.2 Å². The topological polar surface area (TPSA) is 166 Å². The number of hydrogen-bond donors (Lipinski definition) is 0. The monoisotopic (exact) mass is 542 g/mol. The molecule has 1 saturated carbocycles. The summed E-state index contributed by atoms with van der Waals surface area (Å²) in [4.78, 5) is 22.1. The Hall–Kier alpha value is 0.510. The van der Waals surface area contributed by atoms with E-state index in [0.717, 1.165) is 28.3 Å². The van der Waals surface area contributed by atoms with Crippen molar-refractivity contribution < 1.29 is 99.1 Å². The summed E-state index contributed by atoms with van der Waals surface area (Å²) in [5.74, 6) is 0. The zero-order valence-electron chi connectivity index (χ0n) is 17.4. The number of fused-ring (bicyclic) bond motifs is 1. The molecule has 166 valence electrons. The fourth-order valence-corrected chi connectivity index (χ4v) is 6.34. The van der Waals surface area contributed by atoms with Crippen LogP contribution in [0.4, 0.5) is 5.69 Å². The molecule has 1 aliphatic carbocycles. The molecule has 1 heterocycles. The normalized spacial score (nSPS) is 21.3. The Morgan fingerprint density at radius 1 is 1.12 bits per heavy atom. The molecule has 32 heavy (non-hydrogen) atoms. The van der Waals surface area contributed by atoms with Crippen LogP contribution < -0.4 is 68.9 Å². The fraction of sp³-hybridized carbons (Fsp3) is 0.467. The summed E-state index contributed by atoms with van der Waals surface area (Å²) in [6, 6.07) is 3.75. The molecule has 1 aromatic heterocycles. The van der Waals surface area contributed by atoms with Gasteiger partial charge in [0.15, 0.2) is 0 Å². The number of aromatic nitrogens is 1. The Bertz CT molecular complexity index is 1100. The number of benzene rings is 1. The first-order valence-corrected chi connectivity index (χ1v) is 13.3. The van der Waals surface area contributed by atoms with E-state index in [2.05, 4.69) is 4.98 Å². The minimum Gasteiger partial charge on any atom is -0.748 e. The van der Waals surface area contributed by atoms with Crippen LogP contribution >= 0.6 is 23.4 Å². The van der Waals surface area contributed by atoms with E-state index in [1.807, 2.05) is 0 Å². The molecule has 11 nitrogen and oxygen atoms in total. The third-order valence-electron chi connectivity index (χ3n) is 4.74. The van der Waals surface area contributed by atoms with Gasteiger partial charge in [-0.1, -0.05) is 11.3 Å². The van der Waals surface area contributed by atoms with Gasteiger partial charge in [0.2, 0.25) is 6.41 Å². The number of rotatable bonds is 8. The average molecular weight is 543 g/mol. The van der Waals surface area contributed by atoms with Crippen molar-refractivity contribution in [2.75, 3.05) is 11.2 Å². The van der Waals surface area contributed by atoms with E-state index in [0.29, 0.717) is 22.3 Å². The van der Waals surface area contributed by atoms with Gasteiger partial charge in [0, 0.05) is 30.0 Å². The van der Waals surface area contributed by atoms with Gasteiger partial charge in [-0.15, -0.1) is 4.33 Å². The van der Waals surface area contributed by atoms with Crippen molar-refractivity contribution in [2.24, 2.45) is 0 Å². The molecule has 3 rings (SSSR count). The van der Waals surface area contributed by atoms with Crippen molar-refractivity contribution in [1.82, 2.24) is 4.98 Å². The largest absolute Gasteiger partial charge is 1.00 e. The van der Waals surface area contributed by atoms with E-state index in [9.17, 15) is 30.7 Å². The Labute approximate surface area is 237 Å².